The first-order valence-corrected chi connectivity index (χ1v) is 9.74. The van der Waals surface area contributed by atoms with Gasteiger partial charge in [-0.05, 0) is 66.1 Å². The van der Waals surface area contributed by atoms with E-state index < -0.39 is 0 Å². The van der Waals surface area contributed by atoms with Crippen LogP contribution in [0, 0.1) is 18.3 Å². The molecule has 3 rings (SSSR count). The Bertz CT molecular complexity index is 1080. The van der Waals surface area contributed by atoms with Crippen LogP contribution in [0.1, 0.15) is 22.3 Å². The van der Waals surface area contributed by atoms with Gasteiger partial charge < -0.3 is 14.2 Å². The Balaban J connectivity index is 1.87. The lowest BCUT2D eigenvalue weighted by Crippen LogP contribution is -1.99. The van der Waals surface area contributed by atoms with Gasteiger partial charge in [-0.3, -0.25) is 0 Å². The lowest BCUT2D eigenvalue weighted by atomic mass is 10.0. The molecular formula is C25H22ClNO3. The molecule has 0 amide bonds. The van der Waals surface area contributed by atoms with E-state index in [0.717, 1.165) is 22.4 Å². The fraction of sp³-hybridized carbons (Fsp3) is 0.160. The zero-order valence-corrected chi connectivity index (χ0v) is 17.9. The van der Waals surface area contributed by atoms with Crippen molar-refractivity contribution in [2.24, 2.45) is 0 Å². The molecule has 152 valence electrons. The number of methoxy groups -OCH3 is 2. The molecule has 3 aromatic rings. The van der Waals surface area contributed by atoms with Crippen LogP contribution in [0.15, 0.2) is 60.7 Å². The predicted molar refractivity (Wildman–Crippen MR) is 120 cm³/mol. The summed E-state index contributed by atoms with van der Waals surface area (Å²) in [5, 5.41) is 10.0. The Morgan fingerprint density at radius 2 is 1.70 bits per heavy atom. The fourth-order valence-electron chi connectivity index (χ4n) is 2.92. The second-order valence-corrected chi connectivity index (χ2v) is 7.11. The molecule has 0 aliphatic carbocycles. The number of nitriles is 1. The van der Waals surface area contributed by atoms with Gasteiger partial charge in [0.1, 0.15) is 12.4 Å². The number of benzene rings is 3. The molecule has 0 saturated carbocycles. The van der Waals surface area contributed by atoms with E-state index in [9.17, 15) is 5.26 Å². The van der Waals surface area contributed by atoms with Gasteiger partial charge in [0.2, 0.25) is 0 Å². The number of allylic oxidation sites excluding steroid dienone is 1. The van der Waals surface area contributed by atoms with Crippen molar-refractivity contribution >= 4 is 23.3 Å². The fourth-order valence-corrected chi connectivity index (χ4v) is 3.19. The molecule has 4 nitrogen and oxygen atoms in total. The molecule has 0 aliphatic rings. The number of halogens is 1. The third kappa shape index (κ3) is 5.14. The predicted octanol–water partition coefficient (Wildman–Crippen LogP) is 6.31. The minimum Gasteiger partial charge on any atom is -0.497 e. The maximum atomic E-state index is 9.61. The molecule has 3 aromatic carbocycles. The van der Waals surface area contributed by atoms with Crippen molar-refractivity contribution in [1.82, 2.24) is 0 Å². The summed E-state index contributed by atoms with van der Waals surface area (Å²) in [4.78, 5) is 0. The van der Waals surface area contributed by atoms with E-state index >= 15 is 0 Å². The lowest BCUT2D eigenvalue weighted by Gasteiger charge is -2.14. The molecule has 0 bridgehead atoms. The van der Waals surface area contributed by atoms with Gasteiger partial charge in [0, 0.05) is 0 Å². The van der Waals surface area contributed by atoms with Gasteiger partial charge in [-0.25, -0.2) is 0 Å². The van der Waals surface area contributed by atoms with Crippen LogP contribution in [0.25, 0.3) is 11.6 Å². The SMILES string of the molecule is COc1ccc(/C(C#N)=C/c2cc(Cl)c(OCc3ccc(C)cc3)c(OC)c2)cc1. The van der Waals surface area contributed by atoms with Crippen LogP contribution in [0.5, 0.6) is 17.2 Å². The Morgan fingerprint density at radius 3 is 2.30 bits per heavy atom. The summed E-state index contributed by atoms with van der Waals surface area (Å²) in [6, 6.07) is 21.2. The van der Waals surface area contributed by atoms with Gasteiger partial charge in [0.15, 0.2) is 11.5 Å². The third-order valence-corrected chi connectivity index (χ3v) is 4.87. The quantitative estimate of drug-likeness (QED) is 0.332. The highest BCUT2D eigenvalue weighted by Crippen LogP contribution is 2.38. The van der Waals surface area contributed by atoms with Crippen LogP contribution in [0.2, 0.25) is 5.02 Å². The standard InChI is InChI=1S/C25H22ClNO3/c1-17-4-6-18(7-5-17)16-30-25-23(26)13-19(14-24(25)29-3)12-21(15-27)20-8-10-22(28-2)11-9-20/h4-14H,16H2,1-3H3/b21-12+. The van der Waals surface area contributed by atoms with Crippen LogP contribution < -0.4 is 14.2 Å². The highest BCUT2D eigenvalue weighted by Gasteiger charge is 2.13. The smallest absolute Gasteiger partial charge is 0.180 e. The molecule has 5 heteroatoms. The summed E-state index contributed by atoms with van der Waals surface area (Å²) >= 11 is 6.48. The summed E-state index contributed by atoms with van der Waals surface area (Å²) in [6.45, 7) is 2.42. The minimum atomic E-state index is 0.376. The Hall–Kier alpha value is -3.42. The number of rotatable bonds is 7. The lowest BCUT2D eigenvalue weighted by molar-refractivity contribution is 0.284. The molecule has 0 N–H and O–H groups in total. The first-order chi connectivity index (χ1) is 14.5. The second-order valence-electron chi connectivity index (χ2n) is 6.71. The van der Waals surface area contributed by atoms with E-state index in [-0.39, 0.29) is 0 Å². The maximum absolute atomic E-state index is 9.61. The largest absolute Gasteiger partial charge is 0.497 e. The number of nitrogens with zero attached hydrogens (tertiary/aromatic N) is 1. The van der Waals surface area contributed by atoms with Gasteiger partial charge in [0.05, 0.1) is 30.9 Å². The maximum Gasteiger partial charge on any atom is 0.180 e. The summed E-state index contributed by atoms with van der Waals surface area (Å²) in [5.41, 5.74) is 4.26. The van der Waals surface area contributed by atoms with Crippen molar-refractivity contribution in [3.8, 4) is 23.3 Å². The molecule has 0 saturated heterocycles. The Morgan fingerprint density at radius 1 is 1.00 bits per heavy atom. The number of hydrogen-bond acceptors (Lipinski definition) is 4. The van der Waals surface area contributed by atoms with Crippen LogP contribution in [0.4, 0.5) is 0 Å². The van der Waals surface area contributed by atoms with Crippen molar-refractivity contribution in [3.63, 3.8) is 0 Å². The summed E-state index contributed by atoms with van der Waals surface area (Å²) in [7, 11) is 3.17. The zero-order chi connectivity index (χ0) is 21.5. The van der Waals surface area contributed by atoms with E-state index in [2.05, 4.69) is 6.07 Å². The van der Waals surface area contributed by atoms with Crippen molar-refractivity contribution in [1.29, 1.82) is 5.26 Å². The van der Waals surface area contributed by atoms with E-state index in [1.54, 1.807) is 32.4 Å². The average Bonchev–Trinajstić information content (AvgIpc) is 2.77. The van der Waals surface area contributed by atoms with E-state index in [1.807, 2.05) is 55.5 Å². The van der Waals surface area contributed by atoms with Gasteiger partial charge in [0.25, 0.3) is 0 Å². The molecule has 0 unspecified atom stereocenters. The van der Waals surface area contributed by atoms with Gasteiger partial charge in [-0.2, -0.15) is 5.26 Å². The van der Waals surface area contributed by atoms with Crippen LogP contribution in [-0.4, -0.2) is 14.2 Å². The van der Waals surface area contributed by atoms with Crippen molar-refractivity contribution in [2.45, 2.75) is 13.5 Å². The van der Waals surface area contributed by atoms with E-state index in [1.165, 1.54) is 5.56 Å². The summed E-state index contributed by atoms with van der Waals surface area (Å²) in [5.74, 6) is 1.71. The third-order valence-electron chi connectivity index (χ3n) is 4.59. The zero-order valence-electron chi connectivity index (χ0n) is 17.1. The normalized spacial score (nSPS) is 11.0. The average molecular weight is 420 g/mol. The highest BCUT2D eigenvalue weighted by molar-refractivity contribution is 6.32. The van der Waals surface area contributed by atoms with Crippen LogP contribution in [-0.2, 0) is 6.61 Å². The second kappa shape index (κ2) is 9.87. The molecule has 0 aliphatic heterocycles. The van der Waals surface area contributed by atoms with Crippen molar-refractivity contribution in [3.05, 3.63) is 87.9 Å². The monoisotopic (exact) mass is 419 g/mol. The van der Waals surface area contributed by atoms with Gasteiger partial charge in [-0.15, -0.1) is 0 Å². The van der Waals surface area contributed by atoms with Crippen molar-refractivity contribution in [2.75, 3.05) is 14.2 Å². The van der Waals surface area contributed by atoms with E-state index in [0.29, 0.717) is 28.7 Å². The molecule has 0 spiro atoms. The van der Waals surface area contributed by atoms with Crippen LogP contribution >= 0.6 is 11.6 Å². The van der Waals surface area contributed by atoms with Crippen LogP contribution in [0.3, 0.4) is 0 Å². The van der Waals surface area contributed by atoms with Gasteiger partial charge >= 0.3 is 0 Å². The van der Waals surface area contributed by atoms with Gasteiger partial charge in [-0.1, -0.05) is 41.4 Å². The molecule has 0 aromatic heterocycles. The molecule has 0 fully saturated rings. The number of hydrogen-bond donors (Lipinski definition) is 0. The van der Waals surface area contributed by atoms with E-state index in [4.69, 9.17) is 25.8 Å². The number of aryl methyl sites for hydroxylation is 1. The Kier molecular flexibility index (Phi) is 7.00. The summed E-state index contributed by atoms with van der Waals surface area (Å²) < 4.78 is 16.6. The molecule has 0 heterocycles. The highest BCUT2D eigenvalue weighted by atomic mass is 35.5. The molecule has 0 radical (unpaired) electrons. The molecule has 30 heavy (non-hydrogen) atoms. The first-order valence-electron chi connectivity index (χ1n) is 9.36. The van der Waals surface area contributed by atoms with Crippen molar-refractivity contribution < 1.29 is 14.2 Å². The number of ether oxygens (including phenoxy) is 3. The molecular weight excluding hydrogens is 398 g/mol. The first kappa shape index (κ1) is 21.3. The molecule has 0 atom stereocenters. The minimum absolute atomic E-state index is 0.376. The topological polar surface area (TPSA) is 51.5 Å². The summed E-state index contributed by atoms with van der Waals surface area (Å²) in [6.07, 6.45) is 1.76. The Labute approximate surface area is 181 Å².